The number of carboxylic acids is 1. The van der Waals surface area contributed by atoms with Crippen LogP contribution < -0.4 is 0 Å². The van der Waals surface area contributed by atoms with Crippen LogP contribution in [0.5, 0.6) is 0 Å². The minimum Gasteiger partial charge on any atom is -0.480 e. The third-order valence-corrected chi connectivity index (χ3v) is 4.88. The van der Waals surface area contributed by atoms with E-state index in [-0.39, 0.29) is 5.97 Å². The number of hydrogen-bond donors (Lipinski definition) is 1. The van der Waals surface area contributed by atoms with Crippen molar-refractivity contribution in [2.24, 2.45) is 0 Å². The van der Waals surface area contributed by atoms with Crippen LogP contribution in [0, 0.1) is 0 Å². The van der Waals surface area contributed by atoms with Gasteiger partial charge in [0.05, 0.1) is 0 Å². The molecule has 0 aromatic rings. The second-order valence-corrected chi connectivity index (χ2v) is 6.57. The molecule has 0 bridgehead atoms. The van der Waals surface area contributed by atoms with Crippen LogP contribution in [-0.4, -0.2) is 34.2 Å². The summed E-state index contributed by atoms with van der Waals surface area (Å²) >= 11 is 1.36. The van der Waals surface area contributed by atoms with E-state index in [0.29, 0.717) is 12.8 Å². The summed E-state index contributed by atoms with van der Waals surface area (Å²) in [5.74, 6) is -0.356. The maximum absolute atomic E-state index is 11.7. The molecule has 1 aliphatic rings. The van der Waals surface area contributed by atoms with E-state index in [2.05, 4.69) is 6.92 Å². The molecule has 1 aliphatic heterocycles. The highest BCUT2D eigenvalue weighted by Crippen LogP contribution is 2.29. The summed E-state index contributed by atoms with van der Waals surface area (Å²) in [6.45, 7) is 2.20. The minimum atomic E-state index is -0.874. The molecule has 2 unspecified atom stereocenters. The Morgan fingerprint density at radius 3 is 2.45 bits per heavy atom. The van der Waals surface area contributed by atoms with Gasteiger partial charge in [-0.3, -0.25) is 9.59 Å². The SMILES string of the molecule is CCCCCCCCCC(=O)OC1CCSC1C(=O)O. The first-order chi connectivity index (χ1) is 9.65. The van der Waals surface area contributed by atoms with Crippen molar-refractivity contribution in [3.8, 4) is 0 Å². The highest BCUT2D eigenvalue weighted by Gasteiger charge is 2.36. The largest absolute Gasteiger partial charge is 0.480 e. The van der Waals surface area contributed by atoms with Crippen LogP contribution in [0.2, 0.25) is 0 Å². The van der Waals surface area contributed by atoms with Crippen LogP contribution in [-0.2, 0) is 14.3 Å². The van der Waals surface area contributed by atoms with Gasteiger partial charge in [0.2, 0.25) is 0 Å². The molecule has 0 aromatic heterocycles. The highest BCUT2D eigenvalue weighted by atomic mass is 32.2. The van der Waals surface area contributed by atoms with Gasteiger partial charge in [0.15, 0.2) is 0 Å². The summed E-state index contributed by atoms with van der Waals surface area (Å²) in [7, 11) is 0. The van der Waals surface area contributed by atoms with Crippen molar-refractivity contribution in [1.82, 2.24) is 0 Å². The zero-order chi connectivity index (χ0) is 14.8. The van der Waals surface area contributed by atoms with E-state index < -0.39 is 17.3 Å². The molecule has 5 heteroatoms. The molecule has 0 spiro atoms. The van der Waals surface area contributed by atoms with Gasteiger partial charge in [0.25, 0.3) is 0 Å². The molecule has 0 amide bonds. The van der Waals surface area contributed by atoms with E-state index in [0.717, 1.165) is 18.6 Å². The number of hydrogen-bond acceptors (Lipinski definition) is 4. The third-order valence-electron chi connectivity index (χ3n) is 3.55. The zero-order valence-electron chi connectivity index (χ0n) is 12.3. The number of carbonyl (C=O) groups is 2. The fraction of sp³-hybridized carbons (Fsp3) is 0.867. The summed E-state index contributed by atoms with van der Waals surface area (Å²) in [4.78, 5) is 22.6. The van der Waals surface area contributed by atoms with Crippen molar-refractivity contribution >= 4 is 23.7 Å². The van der Waals surface area contributed by atoms with Crippen LogP contribution in [0.4, 0.5) is 0 Å². The van der Waals surface area contributed by atoms with E-state index in [1.165, 1.54) is 43.9 Å². The molecule has 0 aliphatic carbocycles. The fourth-order valence-corrected chi connectivity index (χ4v) is 3.55. The molecule has 20 heavy (non-hydrogen) atoms. The molecule has 0 saturated carbocycles. The van der Waals surface area contributed by atoms with Gasteiger partial charge in [-0.25, -0.2) is 0 Å². The predicted octanol–water partition coefficient (Wildman–Crippen LogP) is 3.63. The van der Waals surface area contributed by atoms with Crippen LogP contribution in [0.3, 0.4) is 0 Å². The summed E-state index contributed by atoms with van der Waals surface area (Å²) in [6.07, 6.45) is 8.77. The number of aliphatic carboxylic acids is 1. The lowest BCUT2D eigenvalue weighted by Gasteiger charge is -2.15. The molecule has 1 rings (SSSR count). The van der Waals surface area contributed by atoms with E-state index in [1.807, 2.05) is 0 Å². The van der Waals surface area contributed by atoms with Gasteiger partial charge in [0.1, 0.15) is 11.4 Å². The van der Waals surface area contributed by atoms with Crippen molar-refractivity contribution in [3.05, 3.63) is 0 Å². The molecule has 1 fully saturated rings. The van der Waals surface area contributed by atoms with Crippen LogP contribution in [0.1, 0.15) is 64.7 Å². The monoisotopic (exact) mass is 302 g/mol. The topological polar surface area (TPSA) is 63.6 Å². The molecule has 4 nitrogen and oxygen atoms in total. The molecule has 1 N–H and O–H groups in total. The van der Waals surface area contributed by atoms with Crippen molar-refractivity contribution in [2.75, 3.05) is 5.75 Å². The second-order valence-electron chi connectivity index (χ2n) is 5.32. The Morgan fingerprint density at radius 2 is 1.80 bits per heavy atom. The Morgan fingerprint density at radius 1 is 1.15 bits per heavy atom. The van der Waals surface area contributed by atoms with Gasteiger partial charge in [-0.1, -0.05) is 45.4 Å². The van der Waals surface area contributed by atoms with Crippen LogP contribution in [0.15, 0.2) is 0 Å². The summed E-state index contributed by atoms with van der Waals surface area (Å²) in [5.41, 5.74) is 0. The number of unbranched alkanes of at least 4 members (excludes halogenated alkanes) is 6. The van der Waals surface area contributed by atoms with Gasteiger partial charge in [-0.05, 0) is 18.6 Å². The first-order valence-electron chi connectivity index (χ1n) is 7.69. The van der Waals surface area contributed by atoms with E-state index >= 15 is 0 Å². The van der Waals surface area contributed by atoms with Crippen molar-refractivity contribution in [3.63, 3.8) is 0 Å². The predicted molar refractivity (Wildman–Crippen MR) is 81.0 cm³/mol. The number of thioether (sulfide) groups is 1. The molecule has 0 radical (unpaired) electrons. The lowest BCUT2D eigenvalue weighted by Crippen LogP contribution is -2.31. The minimum absolute atomic E-state index is 0.239. The number of carboxylic acid groups (broad SMARTS) is 1. The fourth-order valence-electron chi connectivity index (χ4n) is 2.38. The Kier molecular flexibility index (Phi) is 8.74. The number of esters is 1. The molecule has 1 heterocycles. The Labute approximate surface area is 125 Å². The van der Waals surface area contributed by atoms with Gasteiger partial charge >= 0.3 is 11.9 Å². The average molecular weight is 302 g/mol. The van der Waals surface area contributed by atoms with Gasteiger partial charge in [0, 0.05) is 6.42 Å². The Hall–Kier alpha value is -0.710. The van der Waals surface area contributed by atoms with Gasteiger partial charge < -0.3 is 9.84 Å². The van der Waals surface area contributed by atoms with Crippen LogP contribution in [0.25, 0.3) is 0 Å². The van der Waals surface area contributed by atoms with E-state index in [1.54, 1.807) is 0 Å². The lowest BCUT2D eigenvalue weighted by molar-refractivity contribution is -0.151. The lowest BCUT2D eigenvalue weighted by atomic mass is 10.1. The zero-order valence-corrected chi connectivity index (χ0v) is 13.1. The van der Waals surface area contributed by atoms with E-state index in [4.69, 9.17) is 9.84 Å². The maximum Gasteiger partial charge on any atom is 0.320 e. The van der Waals surface area contributed by atoms with Crippen molar-refractivity contribution < 1.29 is 19.4 Å². The maximum atomic E-state index is 11.7. The number of carbonyl (C=O) groups excluding carboxylic acids is 1. The molecule has 2 atom stereocenters. The van der Waals surface area contributed by atoms with E-state index in [9.17, 15) is 9.59 Å². The van der Waals surface area contributed by atoms with Crippen molar-refractivity contribution in [1.29, 1.82) is 0 Å². The smallest absolute Gasteiger partial charge is 0.320 e. The summed E-state index contributed by atoms with van der Waals surface area (Å²) in [6, 6.07) is 0. The first-order valence-corrected chi connectivity index (χ1v) is 8.74. The second kappa shape index (κ2) is 10.1. The number of rotatable bonds is 10. The summed E-state index contributed by atoms with van der Waals surface area (Å²) in [5, 5.41) is 8.43. The molecular formula is C15H26O4S. The average Bonchev–Trinajstić information content (AvgIpc) is 2.86. The Bertz CT molecular complexity index is 306. The third kappa shape index (κ3) is 6.64. The molecular weight excluding hydrogens is 276 g/mol. The molecule has 0 aromatic carbocycles. The van der Waals surface area contributed by atoms with Gasteiger partial charge in [-0.2, -0.15) is 0 Å². The normalized spacial score (nSPS) is 21.9. The molecule has 1 saturated heterocycles. The molecule has 116 valence electrons. The van der Waals surface area contributed by atoms with Crippen molar-refractivity contribution in [2.45, 2.75) is 76.1 Å². The quantitative estimate of drug-likeness (QED) is 0.493. The standard InChI is InChI=1S/C15H26O4S/c1-2-3-4-5-6-7-8-9-13(16)19-12-10-11-20-14(12)15(17)18/h12,14H,2-11H2,1H3,(H,17,18). The van der Waals surface area contributed by atoms with Gasteiger partial charge in [-0.15, -0.1) is 11.8 Å². The summed E-state index contributed by atoms with van der Waals surface area (Å²) < 4.78 is 5.29. The highest BCUT2D eigenvalue weighted by molar-refractivity contribution is 8.00. The first kappa shape index (κ1) is 17.3. The number of ether oxygens (including phenoxy) is 1. The Balaban J connectivity index is 2.07. The van der Waals surface area contributed by atoms with Crippen LogP contribution >= 0.6 is 11.8 Å².